The van der Waals surface area contributed by atoms with Gasteiger partial charge in [-0.2, -0.15) is 0 Å². The highest BCUT2D eigenvalue weighted by atomic mass is 35.5. The molecular formula is C14H21ClO. The van der Waals surface area contributed by atoms with Crippen LogP contribution in [-0.4, -0.2) is 5.11 Å². The Morgan fingerprint density at radius 2 is 2.12 bits per heavy atom. The van der Waals surface area contributed by atoms with Gasteiger partial charge >= 0.3 is 0 Å². The molecule has 2 unspecified atom stereocenters. The van der Waals surface area contributed by atoms with Gasteiger partial charge in [0, 0.05) is 5.02 Å². The van der Waals surface area contributed by atoms with Crippen LogP contribution in [0.15, 0.2) is 24.3 Å². The molecule has 0 aliphatic carbocycles. The Balaban J connectivity index is 2.76. The van der Waals surface area contributed by atoms with Crippen molar-refractivity contribution in [2.75, 3.05) is 0 Å². The van der Waals surface area contributed by atoms with Crippen LogP contribution in [0.4, 0.5) is 0 Å². The average Bonchev–Trinajstić information content (AvgIpc) is 2.17. The first kappa shape index (κ1) is 13.5. The summed E-state index contributed by atoms with van der Waals surface area (Å²) >= 11 is 5.94. The zero-order valence-corrected chi connectivity index (χ0v) is 11.1. The third kappa shape index (κ3) is 3.80. The maximum atomic E-state index is 10.4. The molecule has 0 amide bonds. The number of aliphatic hydroxyl groups is 1. The molecule has 1 N–H and O–H groups in total. The predicted octanol–water partition coefficient (Wildman–Crippen LogP) is 4.37. The molecule has 0 bridgehead atoms. The normalized spacial score (nSPS) is 16.8. The minimum absolute atomic E-state index is 0.527. The van der Waals surface area contributed by atoms with Crippen molar-refractivity contribution in [2.24, 2.45) is 5.92 Å². The van der Waals surface area contributed by atoms with E-state index in [0.717, 1.165) is 24.8 Å². The van der Waals surface area contributed by atoms with E-state index in [1.54, 1.807) is 0 Å². The molecule has 0 aromatic heterocycles. The van der Waals surface area contributed by atoms with Gasteiger partial charge in [-0.25, -0.2) is 0 Å². The van der Waals surface area contributed by atoms with Crippen LogP contribution in [0.25, 0.3) is 0 Å². The van der Waals surface area contributed by atoms with Gasteiger partial charge in [0.25, 0.3) is 0 Å². The topological polar surface area (TPSA) is 20.2 Å². The third-order valence-electron chi connectivity index (χ3n) is 2.97. The summed E-state index contributed by atoms with van der Waals surface area (Å²) in [7, 11) is 0. The van der Waals surface area contributed by atoms with Crippen LogP contribution in [0.1, 0.15) is 45.6 Å². The molecule has 1 rings (SSSR count). The lowest BCUT2D eigenvalue weighted by atomic mass is 9.85. The fourth-order valence-electron chi connectivity index (χ4n) is 2.21. The number of halogens is 1. The van der Waals surface area contributed by atoms with Crippen molar-refractivity contribution in [1.82, 2.24) is 0 Å². The second kappa shape index (κ2) is 5.70. The largest absolute Gasteiger partial charge is 0.385 e. The summed E-state index contributed by atoms with van der Waals surface area (Å²) in [5.41, 5.74) is 0.127. The van der Waals surface area contributed by atoms with Crippen molar-refractivity contribution in [3.05, 3.63) is 34.9 Å². The van der Waals surface area contributed by atoms with Gasteiger partial charge in [-0.3, -0.25) is 0 Å². The highest BCUT2D eigenvalue weighted by molar-refractivity contribution is 6.30. The molecule has 16 heavy (non-hydrogen) atoms. The number of hydrogen-bond acceptors (Lipinski definition) is 1. The Kier molecular flexibility index (Phi) is 4.82. The Hall–Kier alpha value is -0.530. The SMILES string of the molecule is CCCC(C)CC(C)(O)c1cccc(Cl)c1. The van der Waals surface area contributed by atoms with E-state index >= 15 is 0 Å². The summed E-state index contributed by atoms with van der Waals surface area (Å²) in [5, 5.41) is 11.1. The lowest BCUT2D eigenvalue weighted by Crippen LogP contribution is -2.24. The third-order valence-corrected chi connectivity index (χ3v) is 3.21. The minimum atomic E-state index is -0.778. The van der Waals surface area contributed by atoms with E-state index in [1.165, 1.54) is 0 Å². The van der Waals surface area contributed by atoms with E-state index in [4.69, 9.17) is 11.6 Å². The lowest BCUT2D eigenvalue weighted by molar-refractivity contribution is 0.0311. The molecular weight excluding hydrogens is 220 g/mol. The summed E-state index contributed by atoms with van der Waals surface area (Å²) in [6, 6.07) is 7.50. The van der Waals surface area contributed by atoms with Gasteiger partial charge in [0.15, 0.2) is 0 Å². The van der Waals surface area contributed by atoms with Crippen molar-refractivity contribution in [2.45, 2.75) is 45.6 Å². The van der Waals surface area contributed by atoms with E-state index in [2.05, 4.69) is 13.8 Å². The van der Waals surface area contributed by atoms with Crippen molar-refractivity contribution in [3.63, 3.8) is 0 Å². The summed E-state index contributed by atoms with van der Waals surface area (Å²) in [4.78, 5) is 0. The van der Waals surface area contributed by atoms with Gasteiger partial charge < -0.3 is 5.11 Å². The molecule has 0 aliphatic heterocycles. The van der Waals surface area contributed by atoms with E-state index < -0.39 is 5.60 Å². The first-order chi connectivity index (χ1) is 7.45. The number of benzene rings is 1. The second-order valence-electron chi connectivity index (χ2n) is 4.88. The van der Waals surface area contributed by atoms with Crippen molar-refractivity contribution >= 4 is 11.6 Å². The minimum Gasteiger partial charge on any atom is -0.385 e. The molecule has 2 atom stereocenters. The summed E-state index contributed by atoms with van der Waals surface area (Å²) < 4.78 is 0. The zero-order chi connectivity index (χ0) is 12.2. The van der Waals surface area contributed by atoms with Gasteiger partial charge in [-0.05, 0) is 37.0 Å². The van der Waals surface area contributed by atoms with E-state index in [1.807, 2.05) is 31.2 Å². The zero-order valence-electron chi connectivity index (χ0n) is 10.3. The van der Waals surface area contributed by atoms with E-state index in [0.29, 0.717) is 10.9 Å². The van der Waals surface area contributed by atoms with Crippen LogP contribution in [0.2, 0.25) is 5.02 Å². The van der Waals surface area contributed by atoms with Crippen molar-refractivity contribution in [1.29, 1.82) is 0 Å². The van der Waals surface area contributed by atoms with E-state index in [9.17, 15) is 5.11 Å². The standard InChI is InChI=1S/C14H21ClO/c1-4-6-11(2)10-14(3,16)12-7-5-8-13(15)9-12/h5,7-9,11,16H,4,6,10H2,1-3H3. The molecule has 0 heterocycles. The van der Waals surface area contributed by atoms with Gasteiger partial charge in [0.1, 0.15) is 0 Å². The number of hydrogen-bond donors (Lipinski definition) is 1. The molecule has 1 aromatic carbocycles. The molecule has 0 fully saturated rings. The molecule has 0 saturated carbocycles. The van der Waals surface area contributed by atoms with Gasteiger partial charge in [-0.1, -0.05) is 50.4 Å². The number of rotatable bonds is 5. The van der Waals surface area contributed by atoms with Crippen LogP contribution >= 0.6 is 11.6 Å². The Morgan fingerprint density at radius 1 is 1.44 bits per heavy atom. The van der Waals surface area contributed by atoms with Gasteiger partial charge in [0.05, 0.1) is 5.60 Å². The van der Waals surface area contributed by atoms with Crippen molar-refractivity contribution < 1.29 is 5.11 Å². The van der Waals surface area contributed by atoms with Crippen LogP contribution in [-0.2, 0) is 5.60 Å². The monoisotopic (exact) mass is 240 g/mol. The maximum absolute atomic E-state index is 10.4. The summed E-state index contributed by atoms with van der Waals surface area (Å²) in [6.07, 6.45) is 3.09. The highest BCUT2D eigenvalue weighted by Gasteiger charge is 2.25. The fourth-order valence-corrected chi connectivity index (χ4v) is 2.41. The Bertz CT molecular complexity index is 333. The molecule has 0 aliphatic rings. The lowest BCUT2D eigenvalue weighted by Gasteiger charge is -2.27. The molecule has 1 nitrogen and oxygen atoms in total. The molecule has 2 heteroatoms. The molecule has 0 spiro atoms. The van der Waals surface area contributed by atoms with Crippen LogP contribution in [0, 0.1) is 5.92 Å². The Labute approximate surface area is 103 Å². The average molecular weight is 241 g/mol. The molecule has 1 aromatic rings. The quantitative estimate of drug-likeness (QED) is 0.810. The molecule has 90 valence electrons. The van der Waals surface area contributed by atoms with Gasteiger partial charge in [0.2, 0.25) is 0 Å². The summed E-state index contributed by atoms with van der Waals surface area (Å²) in [5.74, 6) is 0.527. The first-order valence-electron chi connectivity index (χ1n) is 5.94. The van der Waals surface area contributed by atoms with Crippen LogP contribution in [0.5, 0.6) is 0 Å². The summed E-state index contributed by atoms with van der Waals surface area (Å²) in [6.45, 7) is 6.22. The highest BCUT2D eigenvalue weighted by Crippen LogP contribution is 2.31. The first-order valence-corrected chi connectivity index (χ1v) is 6.32. The van der Waals surface area contributed by atoms with Crippen molar-refractivity contribution in [3.8, 4) is 0 Å². The Morgan fingerprint density at radius 3 is 2.69 bits per heavy atom. The molecule has 0 radical (unpaired) electrons. The predicted molar refractivity (Wildman–Crippen MR) is 69.7 cm³/mol. The fraction of sp³-hybridized carbons (Fsp3) is 0.571. The molecule has 0 saturated heterocycles. The second-order valence-corrected chi connectivity index (χ2v) is 5.32. The smallest absolute Gasteiger partial charge is 0.0871 e. The van der Waals surface area contributed by atoms with Gasteiger partial charge in [-0.15, -0.1) is 0 Å². The van der Waals surface area contributed by atoms with Crippen LogP contribution in [0.3, 0.4) is 0 Å². The maximum Gasteiger partial charge on any atom is 0.0871 e. The van der Waals surface area contributed by atoms with Crippen LogP contribution < -0.4 is 0 Å². The van der Waals surface area contributed by atoms with E-state index in [-0.39, 0.29) is 0 Å².